The average molecular weight is 300 g/mol. The van der Waals surface area contributed by atoms with Crippen LogP contribution in [0.25, 0.3) is 10.2 Å². The molecule has 0 aliphatic rings. The molecule has 0 amide bonds. The van der Waals surface area contributed by atoms with E-state index in [9.17, 15) is 0 Å². The number of rotatable bonds is 6. The predicted molar refractivity (Wildman–Crippen MR) is 87.8 cm³/mol. The molecular formula is C17H20N2OS. The Labute approximate surface area is 129 Å². The van der Waals surface area contributed by atoms with E-state index >= 15 is 0 Å². The summed E-state index contributed by atoms with van der Waals surface area (Å²) in [6.07, 6.45) is 1.80. The maximum Gasteiger partial charge on any atom is 0.121 e. The monoisotopic (exact) mass is 300 g/mol. The third-order valence-electron chi connectivity index (χ3n) is 3.54. The SMILES string of the molecule is CCNC(Cc1nc2ccccc2s1)c1ccc(CC)o1. The van der Waals surface area contributed by atoms with Crippen molar-refractivity contribution in [3.05, 3.63) is 52.9 Å². The molecule has 3 rings (SSSR count). The molecule has 0 aliphatic carbocycles. The van der Waals surface area contributed by atoms with Gasteiger partial charge in [0, 0.05) is 12.8 Å². The van der Waals surface area contributed by atoms with E-state index in [0.717, 1.165) is 41.4 Å². The van der Waals surface area contributed by atoms with Gasteiger partial charge in [-0.3, -0.25) is 0 Å². The number of fused-ring (bicyclic) bond motifs is 1. The first-order chi connectivity index (χ1) is 10.3. The third-order valence-corrected chi connectivity index (χ3v) is 4.60. The summed E-state index contributed by atoms with van der Waals surface area (Å²) in [4.78, 5) is 4.72. The van der Waals surface area contributed by atoms with Gasteiger partial charge < -0.3 is 9.73 Å². The zero-order valence-corrected chi connectivity index (χ0v) is 13.2. The summed E-state index contributed by atoms with van der Waals surface area (Å²) in [7, 11) is 0. The van der Waals surface area contributed by atoms with Crippen molar-refractivity contribution in [2.45, 2.75) is 32.7 Å². The maximum absolute atomic E-state index is 5.91. The highest BCUT2D eigenvalue weighted by molar-refractivity contribution is 7.18. The molecule has 1 aromatic carbocycles. The van der Waals surface area contributed by atoms with Crippen LogP contribution in [0.15, 0.2) is 40.8 Å². The molecule has 3 aromatic rings. The zero-order chi connectivity index (χ0) is 14.7. The number of furan rings is 1. The zero-order valence-electron chi connectivity index (χ0n) is 12.4. The highest BCUT2D eigenvalue weighted by Crippen LogP contribution is 2.27. The maximum atomic E-state index is 5.91. The van der Waals surface area contributed by atoms with Crippen LogP contribution in [0.3, 0.4) is 0 Å². The van der Waals surface area contributed by atoms with Gasteiger partial charge in [0.25, 0.3) is 0 Å². The summed E-state index contributed by atoms with van der Waals surface area (Å²) in [6, 6.07) is 12.6. The van der Waals surface area contributed by atoms with E-state index in [1.54, 1.807) is 11.3 Å². The van der Waals surface area contributed by atoms with Crippen LogP contribution in [0.1, 0.15) is 36.4 Å². The second kappa shape index (κ2) is 6.41. The van der Waals surface area contributed by atoms with Gasteiger partial charge in [-0.2, -0.15) is 0 Å². The first-order valence-corrected chi connectivity index (χ1v) is 8.28. The van der Waals surface area contributed by atoms with Crippen molar-refractivity contribution >= 4 is 21.6 Å². The van der Waals surface area contributed by atoms with E-state index in [2.05, 4.69) is 49.5 Å². The quantitative estimate of drug-likeness (QED) is 0.735. The van der Waals surface area contributed by atoms with Crippen LogP contribution < -0.4 is 5.32 Å². The molecule has 4 heteroatoms. The number of hydrogen-bond donors (Lipinski definition) is 1. The van der Waals surface area contributed by atoms with Gasteiger partial charge in [-0.15, -0.1) is 11.3 Å². The lowest BCUT2D eigenvalue weighted by molar-refractivity contribution is 0.396. The Balaban J connectivity index is 1.83. The van der Waals surface area contributed by atoms with Gasteiger partial charge in [0.05, 0.1) is 21.3 Å². The van der Waals surface area contributed by atoms with Crippen molar-refractivity contribution in [3.63, 3.8) is 0 Å². The molecule has 110 valence electrons. The molecule has 2 heterocycles. The molecular weight excluding hydrogens is 280 g/mol. The highest BCUT2D eigenvalue weighted by Gasteiger charge is 2.17. The van der Waals surface area contributed by atoms with Gasteiger partial charge in [0.2, 0.25) is 0 Å². The van der Waals surface area contributed by atoms with Crippen molar-refractivity contribution in [1.82, 2.24) is 10.3 Å². The van der Waals surface area contributed by atoms with Crippen LogP contribution in [-0.4, -0.2) is 11.5 Å². The summed E-state index contributed by atoms with van der Waals surface area (Å²) >= 11 is 1.77. The van der Waals surface area contributed by atoms with Gasteiger partial charge in [-0.1, -0.05) is 26.0 Å². The Morgan fingerprint density at radius 2 is 2.05 bits per heavy atom. The molecule has 0 aliphatic heterocycles. The normalized spacial score (nSPS) is 12.9. The van der Waals surface area contributed by atoms with Crippen LogP contribution in [-0.2, 0) is 12.8 Å². The first-order valence-electron chi connectivity index (χ1n) is 7.46. The smallest absolute Gasteiger partial charge is 0.121 e. The number of nitrogens with one attached hydrogen (secondary N) is 1. The summed E-state index contributed by atoms with van der Waals surface area (Å²) in [5, 5.41) is 4.65. The molecule has 0 spiro atoms. The van der Waals surface area contributed by atoms with Crippen LogP contribution in [0.5, 0.6) is 0 Å². The van der Waals surface area contributed by atoms with Crippen LogP contribution in [0.4, 0.5) is 0 Å². The van der Waals surface area contributed by atoms with Crippen molar-refractivity contribution < 1.29 is 4.42 Å². The Bertz CT molecular complexity index is 683. The van der Waals surface area contributed by atoms with Gasteiger partial charge in [0.15, 0.2) is 0 Å². The van der Waals surface area contributed by atoms with E-state index < -0.39 is 0 Å². The number of aromatic nitrogens is 1. The van der Waals surface area contributed by atoms with E-state index in [-0.39, 0.29) is 6.04 Å². The minimum atomic E-state index is 0.191. The summed E-state index contributed by atoms with van der Waals surface area (Å²) in [5.41, 5.74) is 1.08. The minimum Gasteiger partial charge on any atom is -0.464 e. The Kier molecular flexibility index (Phi) is 4.36. The van der Waals surface area contributed by atoms with E-state index in [1.807, 2.05) is 6.07 Å². The molecule has 1 unspecified atom stereocenters. The minimum absolute atomic E-state index is 0.191. The van der Waals surface area contributed by atoms with Crippen molar-refractivity contribution in [1.29, 1.82) is 0 Å². The predicted octanol–water partition coefficient (Wildman–Crippen LogP) is 4.35. The molecule has 1 N–H and O–H groups in total. The van der Waals surface area contributed by atoms with E-state index in [1.165, 1.54) is 4.70 Å². The summed E-state index contributed by atoms with van der Waals surface area (Å²) < 4.78 is 7.15. The third kappa shape index (κ3) is 3.17. The van der Waals surface area contributed by atoms with Gasteiger partial charge in [0.1, 0.15) is 11.5 Å². The average Bonchev–Trinajstić information content (AvgIpc) is 3.12. The molecule has 0 saturated carbocycles. The van der Waals surface area contributed by atoms with Gasteiger partial charge in [-0.25, -0.2) is 4.98 Å². The standard InChI is InChI=1S/C17H20N2OS/c1-3-12-9-10-15(20-12)14(18-4-2)11-17-19-13-7-5-6-8-16(13)21-17/h5-10,14,18H,3-4,11H2,1-2H3. The highest BCUT2D eigenvalue weighted by atomic mass is 32.1. The first kappa shape index (κ1) is 14.3. The molecule has 21 heavy (non-hydrogen) atoms. The second-order valence-corrected chi connectivity index (χ2v) is 6.16. The summed E-state index contributed by atoms with van der Waals surface area (Å²) in [5.74, 6) is 2.05. The fourth-order valence-corrected chi connectivity index (χ4v) is 3.49. The number of para-hydroxylation sites is 1. The molecule has 0 radical (unpaired) electrons. The number of nitrogens with zero attached hydrogens (tertiary/aromatic N) is 1. The Hall–Kier alpha value is -1.65. The lowest BCUT2D eigenvalue weighted by Gasteiger charge is -2.13. The van der Waals surface area contributed by atoms with Crippen molar-refractivity contribution in [3.8, 4) is 0 Å². The fraction of sp³-hybridized carbons (Fsp3) is 0.353. The fourth-order valence-electron chi connectivity index (χ4n) is 2.47. The lowest BCUT2D eigenvalue weighted by atomic mass is 10.1. The van der Waals surface area contributed by atoms with E-state index in [0.29, 0.717) is 0 Å². The molecule has 0 bridgehead atoms. The number of likely N-dealkylation sites (N-methyl/N-ethyl adjacent to an activating group) is 1. The number of hydrogen-bond acceptors (Lipinski definition) is 4. The molecule has 0 saturated heterocycles. The molecule has 3 nitrogen and oxygen atoms in total. The van der Waals surface area contributed by atoms with Crippen molar-refractivity contribution in [2.75, 3.05) is 6.54 Å². The number of benzene rings is 1. The Morgan fingerprint density at radius 1 is 1.19 bits per heavy atom. The van der Waals surface area contributed by atoms with Gasteiger partial charge in [-0.05, 0) is 30.8 Å². The van der Waals surface area contributed by atoms with Crippen LogP contribution >= 0.6 is 11.3 Å². The van der Waals surface area contributed by atoms with Crippen molar-refractivity contribution in [2.24, 2.45) is 0 Å². The molecule has 1 atom stereocenters. The Morgan fingerprint density at radius 3 is 2.76 bits per heavy atom. The van der Waals surface area contributed by atoms with Gasteiger partial charge >= 0.3 is 0 Å². The number of thiazole rings is 1. The largest absolute Gasteiger partial charge is 0.464 e. The number of aryl methyl sites for hydroxylation is 1. The topological polar surface area (TPSA) is 38.1 Å². The van der Waals surface area contributed by atoms with E-state index in [4.69, 9.17) is 9.40 Å². The summed E-state index contributed by atoms with van der Waals surface area (Å²) in [6.45, 7) is 5.14. The second-order valence-electron chi connectivity index (χ2n) is 5.05. The van der Waals surface area contributed by atoms with Crippen LogP contribution in [0.2, 0.25) is 0 Å². The molecule has 2 aromatic heterocycles. The lowest BCUT2D eigenvalue weighted by Crippen LogP contribution is -2.22. The van der Waals surface area contributed by atoms with Crippen LogP contribution in [0, 0.1) is 0 Å². The molecule has 0 fully saturated rings.